The molecule has 1 aliphatic heterocycles. The number of urea groups is 1. The van der Waals surface area contributed by atoms with Gasteiger partial charge < -0.3 is 14.7 Å². The van der Waals surface area contributed by atoms with Crippen LogP contribution in [0.3, 0.4) is 0 Å². The van der Waals surface area contributed by atoms with Gasteiger partial charge in [-0.05, 0) is 42.0 Å². The summed E-state index contributed by atoms with van der Waals surface area (Å²) in [7, 11) is -3.20. The fourth-order valence-corrected chi connectivity index (χ4v) is 3.92. The SMILES string of the molecule is CS(=O)(=O)CCN1C[C@H](c2cccc(OCCO)c2)N(c2ccc(Cl)cc2)C1=O. The van der Waals surface area contributed by atoms with Gasteiger partial charge in [-0.15, -0.1) is 0 Å². The second-order valence-electron chi connectivity index (χ2n) is 6.87. The second kappa shape index (κ2) is 9.02. The monoisotopic (exact) mass is 438 g/mol. The Morgan fingerprint density at radius 3 is 2.59 bits per heavy atom. The van der Waals surface area contributed by atoms with E-state index < -0.39 is 9.84 Å². The summed E-state index contributed by atoms with van der Waals surface area (Å²) in [5.41, 5.74) is 1.53. The molecule has 1 fully saturated rings. The van der Waals surface area contributed by atoms with E-state index in [0.717, 1.165) is 11.8 Å². The fourth-order valence-electron chi connectivity index (χ4n) is 3.24. The molecule has 0 radical (unpaired) electrons. The molecule has 29 heavy (non-hydrogen) atoms. The summed E-state index contributed by atoms with van der Waals surface area (Å²) in [4.78, 5) is 16.3. The number of anilines is 1. The van der Waals surface area contributed by atoms with E-state index in [0.29, 0.717) is 23.0 Å². The predicted octanol–water partition coefficient (Wildman–Crippen LogP) is 2.74. The Morgan fingerprint density at radius 1 is 1.21 bits per heavy atom. The average Bonchev–Trinajstić information content (AvgIpc) is 3.01. The summed E-state index contributed by atoms with van der Waals surface area (Å²) in [5.74, 6) is 0.495. The van der Waals surface area contributed by atoms with Crippen LogP contribution in [-0.2, 0) is 9.84 Å². The van der Waals surface area contributed by atoms with Gasteiger partial charge in [-0.25, -0.2) is 13.2 Å². The van der Waals surface area contributed by atoms with E-state index in [2.05, 4.69) is 0 Å². The molecule has 0 unspecified atom stereocenters. The molecule has 9 heteroatoms. The van der Waals surface area contributed by atoms with Crippen molar-refractivity contribution in [2.75, 3.05) is 43.2 Å². The molecule has 0 spiro atoms. The van der Waals surface area contributed by atoms with E-state index in [9.17, 15) is 13.2 Å². The highest BCUT2D eigenvalue weighted by molar-refractivity contribution is 7.90. The lowest BCUT2D eigenvalue weighted by Crippen LogP contribution is -2.35. The van der Waals surface area contributed by atoms with Crippen LogP contribution in [0.1, 0.15) is 11.6 Å². The summed E-state index contributed by atoms with van der Waals surface area (Å²) in [6.07, 6.45) is 1.16. The molecule has 2 aromatic carbocycles. The third-order valence-electron chi connectivity index (χ3n) is 4.62. The first kappa shape index (κ1) is 21.4. The smallest absolute Gasteiger partial charge is 0.325 e. The number of aliphatic hydroxyl groups is 1. The van der Waals surface area contributed by atoms with Crippen LogP contribution < -0.4 is 9.64 Å². The van der Waals surface area contributed by atoms with Crippen LogP contribution in [0.25, 0.3) is 0 Å². The average molecular weight is 439 g/mol. The molecule has 1 heterocycles. The molecule has 1 N–H and O–H groups in total. The minimum Gasteiger partial charge on any atom is -0.491 e. The summed E-state index contributed by atoms with van der Waals surface area (Å²) in [5, 5.41) is 9.53. The van der Waals surface area contributed by atoms with E-state index in [1.165, 1.54) is 0 Å². The van der Waals surface area contributed by atoms with Gasteiger partial charge in [-0.1, -0.05) is 23.7 Å². The molecule has 0 saturated carbocycles. The second-order valence-corrected chi connectivity index (χ2v) is 9.56. The van der Waals surface area contributed by atoms with Crippen LogP contribution in [-0.4, -0.2) is 62.8 Å². The molecule has 156 valence electrons. The van der Waals surface area contributed by atoms with Crippen molar-refractivity contribution in [2.45, 2.75) is 6.04 Å². The summed E-state index contributed by atoms with van der Waals surface area (Å²) in [6, 6.07) is 13.7. The van der Waals surface area contributed by atoms with Crippen LogP contribution in [0.15, 0.2) is 48.5 Å². The quantitative estimate of drug-likeness (QED) is 0.684. The molecule has 3 rings (SSSR count). The number of amides is 2. The van der Waals surface area contributed by atoms with Gasteiger partial charge in [0.25, 0.3) is 0 Å². The molecule has 2 amide bonds. The number of ether oxygens (including phenoxy) is 1. The standard InChI is InChI=1S/C20H23ClN2O5S/c1-29(26,27)12-9-22-14-19(15-3-2-4-18(13-15)28-11-10-24)23(20(22)25)17-7-5-16(21)6-8-17/h2-8,13,19,24H,9-12,14H2,1H3/t19-/m1/s1. The Bertz CT molecular complexity index is 965. The van der Waals surface area contributed by atoms with E-state index in [1.807, 2.05) is 18.2 Å². The highest BCUT2D eigenvalue weighted by Crippen LogP contribution is 2.36. The van der Waals surface area contributed by atoms with Crippen molar-refractivity contribution >= 4 is 33.2 Å². The Hall–Kier alpha value is -2.29. The van der Waals surface area contributed by atoms with Crippen LogP contribution in [0.5, 0.6) is 5.75 Å². The first-order chi connectivity index (χ1) is 13.8. The highest BCUT2D eigenvalue weighted by Gasteiger charge is 2.39. The maximum absolute atomic E-state index is 13.1. The number of rotatable bonds is 8. The van der Waals surface area contributed by atoms with Crippen molar-refractivity contribution in [1.82, 2.24) is 4.90 Å². The molecule has 0 aromatic heterocycles. The highest BCUT2D eigenvalue weighted by atomic mass is 35.5. The van der Waals surface area contributed by atoms with Gasteiger partial charge in [0.2, 0.25) is 0 Å². The van der Waals surface area contributed by atoms with Crippen molar-refractivity contribution < 1.29 is 23.1 Å². The fraction of sp³-hybridized carbons (Fsp3) is 0.350. The Morgan fingerprint density at radius 2 is 1.93 bits per heavy atom. The van der Waals surface area contributed by atoms with Crippen LogP contribution in [0.2, 0.25) is 5.02 Å². The normalized spacial score (nSPS) is 17.1. The van der Waals surface area contributed by atoms with Crippen molar-refractivity contribution in [3.8, 4) is 5.75 Å². The molecule has 0 bridgehead atoms. The minimum absolute atomic E-state index is 0.0949. The number of nitrogens with zero attached hydrogens (tertiary/aromatic N) is 2. The van der Waals surface area contributed by atoms with Gasteiger partial charge in [0.1, 0.15) is 22.2 Å². The van der Waals surface area contributed by atoms with Crippen molar-refractivity contribution in [1.29, 1.82) is 0 Å². The van der Waals surface area contributed by atoms with Gasteiger partial charge in [-0.2, -0.15) is 0 Å². The number of halogens is 1. The van der Waals surface area contributed by atoms with Crippen LogP contribution in [0, 0.1) is 0 Å². The lowest BCUT2D eigenvalue weighted by molar-refractivity contribution is 0.201. The van der Waals surface area contributed by atoms with Gasteiger partial charge in [-0.3, -0.25) is 4.90 Å². The largest absolute Gasteiger partial charge is 0.491 e. The van der Waals surface area contributed by atoms with Crippen molar-refractivity contribution in [2.24, 2.45) is 0 Å². The van der Waals surface area contributed by atoms with Gasteiger partial charge in [0.05, 0.1) is 18.4 Å². The topological polar surface area (TPSA) is 87.2 Å². The maximum atomic E-state index is 13.1. The molecule has 1 aliphatic rings. The zero-order chi connectivity index (χ0) is 21.0. The number of sulfone groups is 1. The molecule has 1 atom stereocenters. The maximum Gasteiger partial charge on any atom is 0.325 e. The van der Waals surface area contributed by atoms with Gasteiger partial charge >= 0.3 is 6.03 Å². The third-order valence-corrected chi connectivity index (χ3v) is 5.80. The summed E-state index contributed by atoms with van der Waals surface area (Å²) < 4.78 is 28.6. The number of benzene rings is 2. The Balaban J connectivity index is 1.93. The number of aliphatic hydroxyl groups excluding tert-OH is 1. The third kappa shape index (κ3) is 5.41. The molecule has 7 nitrogen and oxygen atoms in total. The Kier molecular flexibility index (Phi) is 6.66. The summed E-state index contributed by atoms with van der Waals surface area (Å²) in [6.45, 7) is 0.552. The molecule has 0 aliphatic carbocycles. The number of carbonyl (C=O) groups excluding carboxylic acids is 1. The lowest BCUT2D eigenvalue weighted by atomic mass is 10.1. The van der Waals surface area contributed by atoms with E-state index >= 15 is 0 Å². The minimum atomic E-state index is -3.20. The molecular weight excluding hydrogens is 416 g/mol. The van der Waals surface area contributed by atoms with Crippen LogP contribution in [0.4, 0.5) is 10.5 Å². The van der Waals surface area contributed by atoms with E-state index in [4.69, 9.17) is 21.4 Å². The van der Waals surface area contributed by atoms with Gasteiger partial charge in [0.15, 0.2) is 0 Å². The van der Waals surface area contributed by atoms with E-state index in [1.54, 1.807) is 40.1 Å². The van der Waals surface area contributed by atoms with Crippen molar-refractivity contribution in [3.63, 3.8) is 0 Å². The molecule has 1 saturated heterocycles. The Labute approximate surface area is 175 Å². The predicted molar refractivity (Wildman–Crippen MR) is 112 cm³/mol. The molecular formula is C20H23ClN2O5S. The van der Waals surface area contributed by atoms with Crippen LogP contribution >= 0.6 is 11.6 Å². The number of carbonyl (C=O) groups is 1. The van der Waals surface area contributed by atoms with Crippen molar-refractivity contribution in [3.05, 3.63) is 59.1 Å². The molecule has 2 aromatic rings. The zero-order valence-corrected chi connectivity index (χ0v) is 17.6. The van der Waals surface area contributed by atoms with Gasteiger partial charge in [0, 0.05) is 30.1 Å². The number of hydrogen-bond donors (Lipinski definition) is 1. The lowest BCUT2D eigenvalue weighted by Gasteiger charge is -2.24. The first-order valence-corrected chi connectivity index (χ1v) is 11.6. The first-order valence-electron chi connectivity index (χ1n) is 9.13. The summed E-state index contributed by atoms with van der Waals surface area (Å²) >= 11 is 5.99. The zero-order valence-electron chi connectivity index (χ0n) is 16.0. The number of hydrogen-bond acceptors (Lipinski definition) is 5. The van der Waals surface area contributed by atoms with E-state index in [-0.39, 0.29) is 37.6 Å².